The number of benzene rings is 1. The van der Waals surface area contributed by atoms with E-state index >= 15 is 0 Å². The summed E-state index contributed by atoms with van der Waals surface area (Å²) in [6.07, 6.45) is 0.881. The molecule has 23 heavy (non-hydrogen) atoms. The normalized spacial score (nSPS) is 11.4. The van der Waals surface area contributed by atoms with E-state index in [1.165, 1.54) is 10.4 Å². The van der Waals surface area contributed by atoms with Crippen LogP contribution in [-0.4, -0.2) is 17.5 Å². The van der Waals surface area contributed by atoms with Gasteiger partial charge in [-0.2, -0.15) is 0 Å². The second-order valence-electron chi connectivity index (χ2n) is 5.66. The zero-order chi connectivity index (χ0) is 16.1. The van der Waals surface area contributed by atoms with Crippen LogP contribution in [0, 0.1) is 13.8 Å². The van der Waals surface area contributed by atoms with Gasteiger partial charge in [0, 0.05) is 23.5 Å². The Bertz CT molecular complexity index is 664. The van der Waals surface area contributed by atoms with E-state index < -0.39 is 0 Å². The number of aliphatic imine (C=N–C) groups is 1. The lowest BCUT2D eigenvalue weighted by atomic mass is 10.0. The van der Waals surface area contributed by atoms with Gasteiger partial charge in [-0.25, -0.2) is 4.98 Å². The first kappa shape index (κ1) is 19.9. The molecule has 4 nitrogen and oxygen atoms in total. The Balaban J connectivity index is 0.00000264. The van der Waals surface area contributed by atoms with Gasteiger partial charge in [0.1, 0.15) is 0 Å². The van der Waals surface area contributed by atoms with Crippen molar-refractivity contribution < 1.29 is 0 Å². The molecule has 2 rings (SSSR count). The summed E-state index contributed by atoms with van der Waals surface area (Å²) in [5.74, 6) is 0.956. The van der Waals surface area contributed by atoms with Crippen molar-refractivity contribution in [2.24, 2.45) is 10.7 Å². The maximum absolute atomic E-state index is 5.97. The second kappa shape index (κ2) is 9.22. The number of nitrogens with two attached hydrogens (primary N) is 1. The number of guanidine groups is 1. The molecule has 0 atom stereocenters. The van der Waals surface area contributed by atoms with Crippen LogP contribution in [0.1, 0.15) is 40.9 Å². The summed E-state index contributed by atoms with van der Waals surface area (Å²) in [5.41, 5.74) is 9.34. The number of nitrogens with zero attached hydrogens (tertiary/aromatic N) is 2. The highest BCUT2D eigenvalue weighted by atomic mass is 127. The molecule has 0 amide bonds. The van der Waals surface area contributed by atoms with Crippen molar-refractivity contribution in [3.8, 4) is 0 Å². The van der Waals surface area contributed by atoms with Crippen molar-refractivity contribution in [1.82, 2.24) is 4.98 Å². The molecule has 0 fully saturated rings. The molecule has 6 heteroatoms. The van der Waals surface area contributed by atoms with Crippen LogP contribution in [0.3, 0.4) is 0 Å². The molecule has 0 aliphatic rings. The lowest BCUT2D eigenvalue weighted by Crippen LogP contribution is -2.23. The van der Waals surface area contributed by atoms with E-state index in [1.54, 1.807) is 11.3 Å². The van der Waals surface area contributed by atoms with Gasteiger partial charge >= 0.3 is 0 Å². The van der Waals surface area contributed by atoms with E-state index in [2.05, 4.69) is 41.3 Å². The summed E-state index contributed by atoms with van der Waals surface area (Å²) in [6.45, 7) is 9.10. The molecule has 2 aromatic rings. The monoisotopic (exact) mass is 444 g/mol. The number of aryl methyl sites for hydroxylation is 2. The predicted molar refractivity (Wildman–Crippen MR) is 111 cm³/mol. The van der Waals surface area contributed by atoms with Gasteiger partial charge in [-0.15, -0.1) is 35.3 Å². The van der Waals surface area contributed by atoms with Crippen molar-refractivity contribution in [2.45, 2.75) is 40.0 Å². The van der Waals surface area contributed by atoms with Crippen molar-refractivity contribution in [2.75, 3.05) is 11.9 Å². The van der Waals surface area contributed by atoms with Crippen molar-refractivity contribution in [3.05, 3.63) is 45.4 Å². The largest absolute Gasteiger partial charge is 0.370 e. The van der Waals surface area contributed by atoms with Crippen LogP contribution >= 0.6 is 35.3 Å². The van der Waals surface area contributed by atoms with E-state index in [0.717, 1.165) is 22.8 Å². The molecule has 0 bridgehead atoms. The van der Waals surface area contributed by atoms with Gasteiger partial charge in [0.15, 0.2) is 5.96 Å². The first-order valence-electron chi connectivity index (χ1n) is 7.55. The SMILES string of the molecule is Cc1nc(C)c(CCN=C(N)Nc2cccc(C(C)C)c2)s1.I. The minimum atomic E-state index is 0. The molecular formula is C17H25IN4S. The quantitative estimate of drug-likeness (QED) is 0.406. The molecule has 0 unspecified atom stereocenters. The van der Waals surface area contributed by atoms with E-state index in [4.69, 9.17) is 5.73 Å². The number of hydrogen-bond acceptors (Lipinski definition) is 3. The molecule has 1 aromatic carbocycles. The molecule has 0 spiro atoms. The van der Waals surface area contributed by atoms with Crippen LogP contribution in [0.5, 0.6) is 0 Å². The minimum absolute atomic E-state index is 0. The third kappa shape index (κ3) is 6.10. The third-order valence-electron chi connectivity index (χ3n) is 3.45. The number of rotatable bonds is 5. The van der Waals surface area contributed by atoms with Crippen LogP contribution in [0.2, 0.25) is 0 Å². The van der Waals surface area contributed by atoms with Crippen LogP contribution in [0.15, 0.2) is 29.3 Å². The Morgan fingerprint density at radius 2 is 2.09 bits per heavy atom. The standard InChI is InChI=1S/C17H24N4S.HI/c1-11(2)14-6-5-7-15(10-14)21-17(18)19-9-8-16-12(3)20-13(4)22-16;/h5-7,10-11H,8-9H2,1-4H3,(H3,18,19,21);1H. The first-order valence-corrected chi connectivity index (χ1v) is 8.37. The van der Waals surface area contributed by atoms with Crippen molar-refractivity contribution in [1.29, 1.82) is 0 Å². The van der Waals surface area contributed by atoms with Crippen LogP contribution in [0.25, 0.3) is 0 Å². The number of thiazole rings is 1. The number of halogens is 1. The molecule has 0 saturated heterocycles. The highest BCUT2D eigenvalue weighted by Gasteiger charge is 2.04. The molecule has 1 aromatic heterocycles. The zero-order valence-corrected chi connectivity index (χ0v) is 17.2. The summed E-state index contributed by atoms with van der Waals surface area (Å²) in [4.78, 5) is 10.1. The Kier molecular flexibility index (Phi) is 7.98. The molecule has 0 radical (unpaired) electrons. The third-order valence-corrected chi connectivity index (χ3v) is 4.58. The highest BCUT2D eigenvalue weighted by molar-refractivity contribution is 14.0. The fourth-order valence-corrected chi connectivity index (χ4v) is 3.17. The van der Waals surface area contributed by atoms with Gasteiger partial charge in [-0.1, -0.05) is 26.0 Å². The Labute approximate surface area is 159 Å². The van der Waals surface area contributed by atoms with Gasteiger partial charge in [0.05, 0.1) is 10.7 Å². The summed E-state index contributed by atoms with van der Waals surface area (Å²) in [7, 11) is 0. The Morgan fingerprint density at radius 3 is 2.70 bits per heavy atom. The molecular weight excluding hydrogens is 419 g/mol. The van der Waals surface area contributed by atoms with E-state index in [9.17, 15) is 0 Å². The smallest absolute Gasteiger partial charge is 0.193 e. The lowest BCUT2D eigenvalue weighted by Gasteiger charge is -2.09. The first-order chi connectivity index (χ1) is 10.5. The zero-order valence-electron chi connectivity index (χ0n) is 14.1. The van der Waals surface area contributed by atoms with Crippen LogP contribution in [0.4, 0.5) is 5.69 Å². The van der Waals surface area contributed by atoms with Crippen LogP contribution < -0.4 is 11.1 Å². The molecule has 0 aliphatic heterocycles. The van der Waals surface area contributed by atoms with Crippen LogP contribution in [-0.2, 0) is 6.42 Å². The molecule has 1 heterocycles. The number of hydrogen-bond donors (Lipinski definition) is 2. The predicted octanol–water partition coefficient (Wildman–Crippen LogP) is 4.47. The van der Waals surface area contributed by atoms with Crippen molar-refractivity contribution in [3.63, 3.8) is 0 Å². The lowest BCUT2D eigenvalue weighted by molar-refractivity contribution is 0.867. The molecule has 3 N–H and O–H groups in total. The van der Waals surface area contributed by atoms with Crippen molar-refractivity contribution >= 4 is 47.0 Å². The van der Waals surface area contributed by atoms with E-state index in [-0.39, 0.29) is 24.0 Å². The van der Waals surface area contributed by atoms with Gasteiger partial charge in [-0.3, -0.25) is 4.99 Å². The van der Waals surface area contributed by atoms with Gasteiger partial charge in [0.25, 0.3) is 0 Å². The van der Waals surface area contributed by atoms with E-state index in [1.807, 2.05) is 26.0 Å². The van der Waals surface area contributed by atoms with Gasteiger partial charge < -0.3 is 11.1 Å². The maximum atomic E-state index is 5.97. The van der Waals surface area contributed by atoms with Gasteiger partial charge in [0.2, 0.25) is 0 Å². The summed E-state index contributed by atoms with van der Waals surface area (Å²) in [5, 5.41) is 4.26. The average Bonchev–Trinajstić information content (AvgIpc) is 2.77. The average molecular weight is 444 g/mol. The fourth-order valence-electron chi connectivity index (χ4n) is 2.25. The number of nitrogens with one attached hydrogen (secondary N) is 1. The Morgan fingerprint density at radius 1 is 1.35 bits per heavy atom. The Hall–Kier alpha value is -1.15. The second-order valence-corrected chi connectivity index (χ2v) is 6.95. The molecule has 0 saturated carbocycles. The maximum Gasteiger partial charge on any atom is 0.193 e. The summed E-state index contributed by atoms with van der Waals surface area (Å²) in [6, 6.07) is 8.28. The molecule has 0 aliphatic carbocycles. The van der Waals surface area contributed by atoms with Gasteiger partial charge in [-0.05, 0) is 37.5 Å². The number of aromatic nitrogens is 1. The number of anilines is 1. The fraction of sp³-hybridized carbons (Fsp3) is 0.412. The highest BCUT2D eigenvalue weighted by Crippen LogP contribution is 2.19. The summed E-state index contributed by atoms with van der Waals surface area (Å²) >= 11 is 1.73. The molecule has 126 valence electrons. The topological polar surface area (TPSA) is 63.3 Å². The minimum Gasteiger partial charge on any atom is -0.370 e. The summed E-state index contributed by atoms with van der Waals surface area (Å²) < 4.78 is 0. The van der Waals surface area contributed by atoms with E-state index in [0.29, 0.717) is 18.4 Å².